The van der Waals surface area contributed by atoms with E-state index < -0.39 is 0 Å². The summed E-state index contributed by atoms with van der Waals surface area (Å²) in [5, 5.41) is 8.11. The molecule has 0 radical (unpaired) electrons. The molecule has 4 rings (SSSR count). The minimum absolute atomic E-state index is 0.101. The molecule has 2 fully saturated rings. The van der Waals surface area contributed by atoms with Gasteiger partial charge in [0.25, 0.3) is 0 Å². The topological polar surface area (TPSA) is 62.5 Å². The maximum atomic E-state index is 12.7. The second-order valence-electron chi connectivity index (χ2n) is 6.21. The third-order valence-electron chi connectivity index (χ3n) is 4.71. The van der Waals surface area contributed by atoms with Crippen LogP contribution in [0.1, 0.15) is 24.5 Å². The second-order valence-corrected chi connectivity index (χ2v) is 6.21. The molecule has 0 aromatic carbocycles. The number of hydrogen-bond donors (Lipinski definition) is 0. The van der Waals surface area contributed by atoms with Crippen molar-refractivity contribution >= 4 is 11.7 Å². The Bertz CT molecular complexity index is 658. The molecule has 2 aromatic rings. The Labute approximate surface area is 135 Å². The fourth-order valence-electron chi connectivity index (χ4n) is 3.35. The third kappa shape index (κ3) is 2.93. The fraction of sp³-hybridized carbons (Fsp3) is 0.471. The van der Waals surface area contributed by atoms with Gasteiger partial charge < -0.3 is 14.2 Å². The number of hydrogen-bond acceptors (Lipinski definition) is 5. The molecule has 2 aliphatic rings. The molecule has 23 heavy (non-hydrogen) atoms. The molecule has 6 heteroatoms. The molecule has 0 bridgehead atoms. The summed E-state index contributed by atoms with van der Waals surface area (Å²) in [4.78, 5) is 16.9. The minimum Gasteiger partial charge on any atom is -0.469 e. The highest BCUT2D eigenvalue weighted by Gasteiger charge is 2.47. The lowest BCUT2D eigenvalue weighted by Gasteiger charge is -2.22. The molecule has 2 atom stereocenters. The van der Waals surface area contributed by atoms with Gasteiger partial charge in [-0.2, -0.15) is 5.10 Å². The smallest absolute Gasteiger partial charge is 0.226 e. The van der Waals surface area contributed by atoms with Crippen molar-refractivity contribution in [3.63, 3.8) is 0 Å². The second kappa shape index (κ2) is 6.02. The molecular weight excluding hydrogens is 292 g/mol. The molecule has 1 saturated heterocycles. The van der Waals surface area contributed by atoms with Crippen LogP contribution < -0.4 is 4.90 Å². The summed E-state index contributed by atoms with van der Waals surface area (Å²) in [6.07, 6.45) is 5.23. The Morgan fingerprint density at radius 2 is 2.13 bits per heavy atom. The van der Waals surface area contributed by atoms with Gasteiger partial charge in [-0.05, 0) is 37.1 Å². The van der Waals surface area contributed by atoms with E-state index in [0.29, 0.717) is 0 Å². The summed E-state index contributed by atoms with van der Waals surface area (Å²) in [6, 6.07) is 7.72. The zero-order valence-corrected chi connectivity index (χ0v) is 13.0. The highest BCUT2D eigenvalue weighted by molar-refractivity contribution is 5.83. The van der Waals surface area contributed by atoms with Crippen LogP contribution in [0.15, 0.2) is 41.1 Å². The van der Waals surface area contributed by atoms with Crippen LogP contribution in [-0.2, 0) is 4.79 Å². The molecule has 1 amide bonds. The Balaban J connectivity index is 1.37. The van der Waals surface area contributed by atoms with E-state index in [9.17, 15) is 4.79 Å². The Morgan fingerprint density at radius 1 is 1.17 bits per heavy atom. The molecule has 0 unspecified atom stereocenters. The average Bonchev–Trinajstić information content (AvgIpc) is 3.29. The lowest BCUT2D eigenvalue weighted by molar-refractivity contribution is -0.132. The molecule has 1 aliphatic heterocycles. The van der Waals surface area contributed by atoms with Gasteiger partial charge in [0.1, 0.15) is 5.76 Å². The van der Waals surface area contributed by atoms with Crippen LogP contribution in [0, 0.1) is 5.92 Å². The van der Waals surface area contributed by atoms with Crippen LogP contribution in [0.5, 0.6) is 0 Å². The maximum absolute atomic E-state index is 12.7. The van der Waals surface area contributed by atoms with E-state index in [0.717, 1.165) is 50.6 Å². The van der Waals surface area contributed by atoms with Crippen LogP contribution in [0.4, 0.5) is 5.82 Å². The van der Waals surface area contributed by atoms with E-state index in [1.54, 1.807) is 12.5 Å². The van der Waals surface area contributed by atoms with E-state index in [2.05, 4.69) is 15.1 Å². The van der Waals surface area contributed by atoms with Crippen molar-refractivity contribution in [1.29, 1.82) is 0 Å². The molecular formula is C17H20N4O2. The molecule has 6 nitrogen and oxygen atoms in total. The van der Waals surface area contributed by atoms with Gasteiger partial charge in [0, 0.05) is 44.2 Å². The molecule has 1 saturated carbocycles. The van der Waals surface area contributed by atoms with Crippen molar-refractivity contribution in [2.24, 2.45) is 5.92 Å². The van der Waals surface area contributed by atoms with E-state index in [1.165, 1.54) is 0 Å². The largest absolute Gasteiger partial charge is 0.469 e. The number of carbonyl (C=O) groups excluding carboxylic acids is 1. The van der Waals surface area contributed by atoms with Gasteiger partial charge in [0.05, 0.1) is 6.26 Å². The van der Waals surface area contributed by atoms with Crippen molar-refractivity contribution < 1.29 is 9.21 Å². The van der Waals surface area contributed by atoms with E-state index >= 15 is 0 Å². The molecule has 120 valence electrons. The molecule has 1 aliphatic carbocycles. The first-order chi connectivity index (χ1) is 11.3. The summed E-state index contributed by atoms with van der Waals surface area (Å²) in [7, 11) is 0. The number of amides is 1. The van der Waals surface area contributed by atoms with E-state index in [4.69, 9.17) is 4.42 Å². The number of aromatic nitrogens is 2. The SMILES string of the molecule is O=C([C@H]1C[C@@H]1c1ccco1)N1CCCN(c2cccnn2)CC1. The molecule has 0 spiro atoms. The number of rotatable bonds is 3. The van der Waals surface area contributed by atoms with Gasteiger partial charge in [0.2, 0.25) is 5.91 Å². The van der Waals surface area contributed by atoms with Gasteiger partial charge in [-0.25, -0.2) is 0 Å². The predicted molar refractivity (Wildman–Crippen MR) is 85.0 cm³/mol. The maximum Gasteiger partial charge on any atom is 0.226 e. The van der Waals surface area contributed by atoms with Crippen LogP contribution in [0.2, 0.25) is 0 Å². The van der Waals surface area contributed by atoms with Crippen LogP contribution in [-0.4, -0.2) is 47.2 Å². The normalized spacial score (nSPS) is 24.3. The third-order valence-corrected chi connectivity index (χ3v) is 4.71. The van der Waals surface area contributed by atoms with Crippen molar-refractivity contribution in [3.05, 3.63) is 42.5 Å². The van der Waals surface area contributed by atoms with Gasteiger partial charge >= 0.3 is 0 Å². The van der Waals surface area contributed by atoms with Gasteiger partial charge in [-0.15, -0.1) is 5.10 Å². The minimum atomic E-state index is 0.101. The highest BCUT2D eigenvalue weighted by Crippen LogP contribution is 2.48. The lowest BCUT2D eigenvalue weighted by atomic mass is 10.2. The number of furan rings is 1. The Hall–Kier alpha value is -2.37. The fourth-order valence-corrected chi connectivity index (χ4v) is 3.35. The highest BCUT2D eigenvalue weighted by atomic mass is 16.3. The molecule has 0 N–H and O–H groups in total. The monoisotopic (exact) mass is 312 g/mol. The van der Waals surface area contributed by atoms with Crippen LogP contribution in [0.3, 0.4) is 0 Å². The zero-order valence-electron chi connectivity index (χ0n) is 13.0. The number of carbonyl (C=O) groups is 1. The van der Waals surface area contributed by atoms with E-state index in [1.807, 2.05) is 29.2 Å². The van der Waals surface area contributed by atoms with Crippen molar-refractivity contribution in [2.75, 3.05) is 31.1 Å². The molecule has 2 aromatic heterocycles. The number of nitrogens with zero attached hydrogens (tertiary/aromatic N) is 4. The first-order valence-electron chi connectivity index (χ1n) is 8.18. The summed E-state index contributed by atoms with van der Waals surface area (Å²) < 4.78 is 5.43. The van der Waals surface area contributed by atoms with Gasteiger partial charge in [0.15, 0.2) is 5.82 Å². The van der Waals surface area contributed by atoms with Crippen LogP contribution >= 0.6 is 0 Å². The average molecular weight is 312 g/mol. The summed E-state index contributed by atoms with van der Waals surface area (Å²) in [5.41, 5.74) is 0. The zero-order chi connectivity index (χ0) is 15.6. The summed E-state index contributed by atoms with van der Waals surface area (Å²) >= 11 is 0. The van der Waals surface area contributed by atoms with Gasteiger partial charge in [-0.3, -0.25) is 4.79 Å². The van der Waals surface area contributed by atoms with E-state index in [-0.39, 0.29) is 17.7 Å². The Kier molecular flexibility index (Phi) is 3.73. The van der Waals surface area contributed by atoms with Crippen molar-refractivity contribution in [3.8, 4) is 0 Å². The quantitative estimate of drug-likeness (QED) is 0.866. The standard InChI is InChI=1S/C17H20N4O2/c22-17(14-12-13(14)15-4-2-11-23-15)21-8-3-7-20(9-10-21)16-5-1-6-18-19-16/h1-2,4-6,11,13-14H,3,7-10,12H2/t13-,14-/m0/s1. The predicted octanol–water partition coefficient (Wildman–Crippen LogP) is 1.91. The molecule has 3 heterocycles. The summed E-state index contributed by atoms with van der Waals surface area (Å²) in [6.45, 7) is 3.28. The van der Waals surface area contributed by atoms with Crippen LogP contribution in [0.25, 0.3) is 0 Å². The number of anilines is 1. The van der Waals surface area contributed by atoms with Gasteiger partial charge in [-0.1, -0.05) is 0 Å². The summed E-state index contributed by atoms with van der Waals surface area (Å²) in [5.74, 6) is 2.48. The first kappa shape index (κ1) is 14.2. The van der Waals surface area contributed by atoms with Crippen molar-refractivity contribution in [2.45, 2.75) is 18.8 Å². The lowest BCUT2D eigenvalue weighted by Crippen LogP contribution is -2.36. The Morgan fingerprint density at radius 3 is 2.91 bits per heavy atom. The van der Waals surface area contributed by atoms with Crippen molar-refractivity contribution in [1.82, 2.24) is 15.1 Å². The first-order valence-corrected chi connectivity index (χ1v) is 8.18.